The highest BCUT2D eigenvalue weighted by atomic mass is 32.2. The van der Waals surface area contributed by atoms with E-state index in [1.807, 2.05) is 41.9 Å². The van der Waals surface area contributed by atoms with Crippen LogP contribution in [0.1, 0.15) is 51.5 Å². The summed E-state index contributed by atoms with van der Waals surface area (Å²) in [6.07, 6.45) is 6.77. The molecule has 1 heterocycles. The Morgan fingerprint density at radius 1 is 1.03 bits per heavy atom. The van der Waals surface area contributed by atoms with Crippen molar-refractivity contribution < 1.29 is 4.79 Å². The number of hydrogen-bond donors (Lipinski definition) is 1. The van der Waals surface area contributed by atoms with Crippen LogP contribution in [0.3, 0.4) is 0 Å². The first kappa shape index (κ1) is 23.2. The number of amides is 1. The van der Waals surface area contributed by atoms with Crippen LogP contribution in [0.4, 0.5) is 5.69 Å². The number of hydrogen-bond acceptors (Lipinski definition) is 4. The zero-order valence-corrected chi connectivity index (χ0v) is 21.1. The van der Waals surface area contributed by atoms with Gasteiger partial charge in [-0.05, 0) is 73.0 Å². The summed E-state index contributed by atoms with van der Waals surface area (Å²) in [5, 5.41) is 12.3. The van der Waals surface area contributed by atoms with E-state index in [1.165, 1.54) is 49.4 Å². The fraction of sp³-hybridized carbons (Fsp3) is 0.464. The first-order valence-electron chi connectivity index (χ1n) is 12.4. The van der Waals surface area contributed by atoms with Crippen LogP contribution >= 0.6 is 11.8 Å². The van der Waals surface area contributed by atoms with E-state index in [1.54, 1.807) is 0 Å². The fourth-order valence-corrected chi connectivity index (χ4v) is 7.10. The van der Waals surface area contributed by atoms with Crippen molar-refractivity contribution in [2.45, 2.75) is 56.5 Å². The van der Waals surface area contributed by atoms with Gasteiger partial charge in [0, 0.05) is 18.3 Å². The number of carbonyl (C=O) groups is 1. The normalized spacial score (nSPS) is 26.3. The number of benzene rings is 2. The first-order valence-corrected chi connectivity index (χ1v) is 13.4. The molecule has 2 aliphatic carbocycles. The molecule has 2 atom stereocenters. The van der Waals surface area contributed by atoms with Gasteiger partial charge in [0.25, 0.3) is 0 Å². The Morgan fingerprint density at radius 3 is 2.38 bits per heavy atom. The maximum Gasteiger partial charge on any atom is 0.234 e. The Morgan fingerprint density at radius 2 is 1.71 bits per heavy atom. The third-order valence-corrected chi connectivity index (χ3v) is 8.70. The summed E-state index contributed by atoms with van der Waals surface area (Å²) in [5.41, 5.74) is 3.54. The van der Waals surface area contributed by atoms with Gasteiger partial charge < -0.3 is 9.88 Å². The maximum absolute atomic E-state index is 12.6. The van der Waals surface area contributed by atoms with Gasteiger partial charge in [-0.2, -0.15) is 0 Å². The molecule has 1 aromatic heterocycles. The monoisotopic (exact) mass is 474 g/mol. The average molecular weight is 475 g/mol. The zero-order chi connectivity index (χ0) is 23.7. The van der Waals surface area contributed by atoms with Gasteiger partial charge in [-0.15, -0.1) is 10.2 Å². The molecular weight excluding hydrogens is 440 g/mol. The molecule has 3 aromatic rings. The van der Waals surface area contributed by atoms with E-state index in [-0.39, 0.29) is 11.3 Å². The highest BCUT2D eigenvalue weighted by Crippen LogP contribution is 2.51. The van der Waals surface area contributed by atoms with Crippen LogP contribution in [0.2, 0.25) is 0 Å². The van der Waals surface area contributed by atoms with Crippen molar-refractivity contribution in [2.75, 3.05) is 11.1 Å². The van der Waals surface area contributed by atoms with Gasteiger partial charge in [-0.25, -0.2) is 0 Å². The molecule has 2 aromatic carbocycles. The summed E-state index contributed by atoms with van der Waals surface area (Å²) in [6, 6.07) is 18.5. The highest BCUT2D eigenvalue weighted by Gasteiger charge is 2.41. The SMILES string of the molecule is CC1CC2CC(C1)CC(C)(c1ccc(NC(=O)CSc3nnc(-c4ccccc4)n3C)cc1)C2. The van der Waals surface area contributed by atoms with Crippen molar-refractivity contribution in [3.8, 4) is 11.4 Å². The number of thioether (sulfide) groups is 1. The van der Waals surface area contributed by atoms with Crippen molar-refractivity contribution in [3.05, 3.63) is 60.2 Å². The fourth-order valence-electron chi connectivity index (χ4n) is 6.39. The van der Waals surface area contributed by atoms with Gasteiger partial charge in [0.15, 0.2) is 11.0 Å². The Labute approximate surface area is 206 Å². The van der Waals surface area contributed by atoms with Crippen molar-refractivity contribution >= 4 is 23.4 Å². The molecule has 2 unspecified atom stereocenters. The van der Waals surface area contributed by atoms with Gasteiger partial charge in [-0.3, -0.25) is 4.79 Å². The molecule has 0 radical (unpaired) electrons. The summed E-state index contributed by atoms with van der Waals surface area (Å²) in [5.74, 6) is 3.68. The van der Waals surface area contributed by atoms with Crippen molar-refractivity contribution in [2.24, 2.45) is 24.8 Å². The lowest BCUT2D eigenvalue weighted by Crippen LogP contribution is -2.38. The van der Waals surface area contributed by atoms with E-state index >= 15 is 0 Å². The van der Waals surface area contributed by atoms with Crippen LogP contribution in [0.25, 0.3) is 11.4 Å². The zero-order valence-electron chi connectivity index (χ0n) is 20.3. The molecule has 0 saturated heterocycles. The maximum atomic E-state index is 12.6. The molecule has 2 saturated carbocycles. The summed E-state index contributed by atoms with van der Waals surface area (Å²) < 4.78 is 1.93. The molecular formula is C28H34N4OS. The minimum atomic E-state index is -0.0330. The van der Waals surface area contributed by atoms with E-state index < -0.39 is 0 Å². The van der Waals surface area contributed by atoms with Crippen molar-refractivity contribution in [1.82, 2.24) is 14.8 Å². The van der Waals surface area contributed by atoms with Gasteiger partial charge >= 0.3 is 0 Å². The summed E-state index contributed by atoms with van der Waals surface area (Å²) >= 11 is 1.40. The average Bonchev–Trinajstić information content (AvgIpc) is 3.18. The number of nitrogens with one attached hydrogen (secondary N) is 1. The number of fused-ring (bicyclic) bond motifs is 2. The van der Waals surface area contributed by atoms with E-state index in [2.05, 4.69) is 53.6 Å². The molecule has 0 aliphatic heterocycles. The lowest BCUT2D eigenvalue weighted by molar-refractivity contribution is -0.113. The Balaban J connectivity index is 1.18. The van der Waals surface area contributed by atoms with E-state index in [0.717, 1.165) is 40.0 Å². The largest absolute Gasteiger partial charge is 0.325 e. The van der Waals surface area contributed by atoms with Gasteiger partial charge in [0.05, 0.1) is 5.75 Å². The molecule has 2 fully saturated rings. The number of anilines is 1. The van der Waals surface area contributed by atoms with Crippen molar-refractivity contribution in [1.29, 1.82) is 0 Å². The summed E-state index contributed by atoms with van der Waals surface area (Å²) in [7, 11) is 1.93. The Bertz CT molecular complexity index is 1120. The predicted octanol–water partition coefficient (Wildman–Crippen LogP) is 6.32. The minimum Gasteiger partial charge on any atom is -0.325 e. The van der Waals surface area contributed by atoms with E-state index in [4.69, 9.17) is 0 Å². The second-order valence-corrected chi connectivity index (χ2v) is 11.6. The smallest absolute Gasteiger partial charge is 0.234 e. The molecule has 178 valence electrons. The summed E-state index contributed by atoms with van der Waals surface area (Å²) in [4.78, 5) is 12.6. The molecule has 5 rings (SSSR count). The lowest BCUT2D eigenvalue weighted by Gasteiger charge is -2.47. The van der Waals surface area contributed by atoms with E-state index in [9.17, 15) is 4.79 Å². The molecule has 5 nitrogen and oxygen atoms in total. The van der Waals surface area contributed by atoms with Crippen molar-refractivity contribution in [3.63, 3.8) is 0 Å². The van der Waals surface area contributed by atoms with Gasteiger partial charge in [-0.1, -0.05) is 68.1 Å². The summed E-state index contributed by atoms with van der Waals surface area (Å²) in [6.45, 7) is 4.86. The second-order valence-electron chi connectivity index (χ2n) is 10.7. The van der Waals surface area contributed by atoms with E-state index in [0.29, 0.717) is 5.75 Å². The third kappa shape index (κ3) is 4.92. The Hall–Kier alpha value is -2.60. The molecule has 34 heavy (non-hydrogen) atoms. The second kappa shape index (κ2) is 9.57. The number of aromatic nitrogens is 3. The van der Waals surface area contributed by atoms with Gasteiger partial charge in [0.1, 0.15) is 0 Å². The number of nitrogens with zero attached hydrogens (tertiary/aromatic N) is 3. The molecule has 1 amide bonds. The van der Waals surface area contributed by atoms with Crippen LogP contribution in [-0.4, -0.2) is 26.4 Å². The van der Waals surface area contributed by atoms with Crippen LogP contribution in [0, 0.1) is 17.8 Å². The first-order chi connectivity index (χ1) is 16.4. The lowest BCUT2D eigenvalue weighted by atomic mass is 9.57. The Kier molecular flexibility index (Phi) is 6.52. The predicted molar refractivity (Wildman–Crippen MR) is 139 cm³/mol. The topological polar surface area (TPSA) is 59.8 Å². The quantitative estimate of drug-likeness (QED) is 0.425. The van der Waals surface area contributed by atoms with Crippen LogP contribution in [0.15, 0.2) is 59.8 Å². The highest BCUT2D eigenvalue weighted by molar-refractivity contribution is 7.99. The minimum absolute atomic E-state index is 0.0330. The number of carbonyl (C=O) groups excluding carboxylic acids is 1. The van der Waals surface area contributed by atoms with Crippen LogP contribution < -0.4 is 5.32 Å². The third-order valence-electron chi connectivity index (χ3n) is 7.68. The van der Waals surface area contributed by atoms with Crippen LogP contribution in [-0.2, 0) is 17.3 Å². The molecule has 1 N–H and O–H groups in total. The molecule has 2 aliphatic rings. The van der Waals surface area contributed by atoms with Crippen LogP contribution in [0.5, 0.6) is 0 Å². The van der Waals surface area contributed by atoms with Gasteiger partial charge in [0.2, 0.25) is 5.91 Å². The number of rotatable bonds is 6. The molecule has 2 bridgehead atoms. The standard InChI is InChI=1S/C28H34N4OS/c1-19-13-20-15-21(14-19)17-28(2,16-20)23-9-11-24(12-10-23)29-25(33)18-34-27-31-30-26(32(27)3)22-7-5-4-6-8-22/h4-12,19-21H,13-18H2,1-3H3,(H,29,33). The molecule has 6 heteroatoms. The molecule has 0 spiro atoms.